The lowest BCUT2D eigenvalue weighted by Gasteiger charge is -2.20. The zero-order chi connectivity index (χ0) is 22.7. The minimum Gasteiger partial charge on any atom is -0.508 e. The number of rotatable bonds is 7. The molecule has 7 heteroatoms. The van der Waals surface area contributed by atoms with Crippen LogP contribution in [0.2, 0.25) is 0 Å². The van der Waals surface area contributed by atoms with Crippen molar-refractivity contribution in [2.24, 2.45) is 0 Å². The van der Waals surface area contributed by atoms with Gasteiger partial charge in [0.05, 0.1) is 23.5 Å². The van der Waals surface area contributed by atoms with Crippen LogP contribution in [0.4, 0.5) is 15.8 Å². The molecule has 0 aromatic heterocycles. The highest BCUT2D eigenvalue weighted by molar-refractivity contribution is 6.03. The Bertz CT molecular complexity index is 1180. The second-order valence-electron chi connectivity index (χ2n) is 7.54. The number of amides is 2. The fourth-order valence-electron chi connectivity index (χ4n) is 3.40. The molecule has 0 bridgehead atoms. The van der Waals surface area contributed by atoms with Crippen LogP contribution in [0, 0.1) is 5.82 Å². The number of carbonyl (C=O) groups excluding carboxylic acids is 2. The second kappa shape index (κ2) is 8.93. The van der Waals surface area contributed by atoms with Crippen LogP contribution in [0.25, 0.3) is 0 Å². The topological polar surface area (TPSA) is 81.4 Å². The van der Waals surface area contributed by atoms with E-state index in [1.54, 1.807) is 30.3 Å². The van der Waals surface area contributed by atoms with Crippen molar-refractivity contribution in [1.82, 2.24) is 5.32 Å². The molecule has 4 rings (SSSR count). The Morgan fingerprint density at radius 3 is 2.38 bits per heavy atom. The van der Waals surface area contributed by atoms with Gasteiger partial charge in [0.15, 0.2) is 0 Å². The lowest BCUT2D eigenvalue weighted by atomic mass is 10.0. The lowest BCUT2D eigenvalue weighted by molar-refractivity contribution is -0.118. The molecule has 0 aliphatic carbocycles. The third-order valence-electron chi connectivity index (χ3n) is 5.19. The summed E-state index contributed by atoms with van der Waals surface area (Å²) in [5, 5.41) is 15.0. The number of anilines is 2. The molecule has 1 unspecified atom stereocenters. The second-order valence-corrected chi connectivity index (χ2v) is 7.54. The van der Waals surface area contributed by atoms with Crippen molar-refractivity contribution >= 4 is 23.2 Å². The van der Waals surface area contributed by atoms with Crippen LogP contribution in [-0.4, -0.2) is 29.5 Å². The molecule has 0 radical (unpaired) electrons. The summed E-state index contributed by atoms with van der Waals surface area (Å²) in [4.78, 5) is 27.9. The molecule has 1 atom stereocenters. The van der Waals surface area contributed by atoms with Gasteiger partial charge in [-0.15, -0.1) is 0 Å². The number of para-hydroxylation sites is 2. The summed E-state index contributed by atoms with van der Waals surface area (Å²) in [6, 6.07) is 18.3. The minimum atomic E-state index is -0.975. The van der Waals surface area contributed by atoms with Gasteiger partial charge >= 0.3 is 0 Å². The monoisotopic (exact) mass is 431 g/mol. The number of phenolic OH excluding ortho intramolecular Hbond substituents is 1. The molecule has 0 spiro atoms. The normalized spacial score (nSPS) is 13.4. The summed E-state index contributed by atoms with van der Waals surface area (Å²) in [5.41, 5.74) is 2.93. The van der Waals surface area contributed by atoms with Crippen LogP contribution in [-0.2, 0) is 11.2 Å². The van der Waals surface area contributed by atoms with Crippen molar-refractivity contribution < 1.29 is 19.1 Å². The van der Waals surface area contributed by atoms with E-state index in [0.717, 1.165) is 16.9 Å². The standard InChI is InChI=1S/C25H22FN3O3/c1-16-15-29(16)23-9-5-4-8-21(23)27-25(32)22(14-17-10-12-18(30)13-11-17)28-24(31)19-6-2-3-7-20(19)26/h2-13,22,30H,1,14-15H2,(H,27,32)(H,28,31). The van der Waals surface area contributed by atoms with Crippen LogP contribution in [0.5, 0.6) is 5.75 Å². The Balaban J connectivity index is 1.57. The number of carbonyl (C=O) groups is 2. The Hall–Kier alpha value is -4.13. The fourth-order valence-corrected chi connectivity index (χ4v) is 3.40. The molecule has 3 aromatic carbocycles. The van der Waals surface area contributed by atoms with Gasteiger partial charge in [0.25, 0.3) is 5.91 Å². The van der Waals surface area contributed by atoms with Crippen molar-refractivity contribution in [2.75, 3.05) is 16.8 Å². The first-order valence-electron chi connectivity index (χ1n) is 10.1. The highest BCUT2D eigenvalue weighted by Crippen LogP contribution is 2.35. The molecule has 1 aliphatic heterocycles. The summed E-state index contributed by atoms with van der Waals surface area (Å²) < 4.78 is 14.1. The molecule has 1 heterocycles. The number of halogens is 1. The predicted molar refractivity (Wildman–Crippen MR) is 121 cm³/mol. The predicted octanol–water partition coefficient (Wildman–Crippen LogP) is 3.84. The maximum absolute atomic E-state index is 14.1. The van der Waals surface area contributed by atoms with Crippen molar-refractivity contribution in [3.05, 3.63) is 102 Å². The van der Waals surface area contributed by atoms with Gasteiger partial charge in [-0.1, -0.05) is 43.0 Å². The molecule has 1 fully saturated rings. The van der Waals surface area contributed by atoms with Crippen molar-refractivity contribution in [2.45, 2.75) is 12.5 Å². The quantitative estimate of drug-likeness (QED) is 0.497. The molecular formula is C25H22FN3O3. The largest absolute Gasteiger partial charge is 0.508 e. The number of nitrogens with zero attached hydrogens (tertiary/aromatic N) is 1. The van der Waals surface area contributed by atoms with Crippen molar-refractivity contribution in [1.29, 1.82) is 0 Å². The van der Waals surface area contributed by atoms with Crippen molar-refractivity contribution in [3.8, 4) is 5.75 Å². The number of benzene rings is 3. The van der Waals surface area contributed by atoms with Gasteiger partial charge in [0, 0.05) is 12.1 Å². The number of aromatic hydroxyl groups is 1. The SMILES string of the molecule is C=C1CN1c1ccccc1NC(=O)C(Cc1ccc(O)cc1)NC(=O)c1ccccc1F. The first-order valence-corrected chi connectivity index (χ1v) is 10.1. The molecular weight excluding hydrogens is 409 g/mol. The van der Waals surface area contributed by atoms with Crippen LogP contribution in [0.3, 0.4) is 0 Å². The van der Waals surface area contributed by atoms with E-state index in [4.69, 9.17) is 0 Å². The van der Waals surface area contributed by atoms with Crippen LogP contribution >= 0.6 is 0 Å². The minimum absolute atomic E-state index is 0.0952. The van der Waals surface area contributed by atoms with E-state index in [1.807, 2.05) is 17.0 Å². The van der Waals surface area contributed by atoms with Crippen LogP contribution in [0.15, 0.2) is 85.1 Å². The summed E-state index contributed by atoms with van der Waals surface area (Å²) in [5.74, 6) is -1.70. The first kappa shape index (κ1) is 21.1. The van der Waals surface area contributed by atoms with E-state index in [0.29, 0.717) is 12.2 Å². The number of hydrogen-bond acceptors (Lipinski definition) is 4. The molecule has 1 saturated heterocycles. The molecule has 3 aromatic rings. The van der Waals surface area contributed by atoms with E-state index in [2.05, 4.69) is 17.2 Å². The van der Waals surface area contributed by atoms with E-state index in [1.165, 1.54) is 30.3 Å². The molecule has 6 nitrogen and oxygen atoms in total. The van der Waals surface area contributed by atoms with Gasteiger partial charge in [-0.3, -0.25) is 9.59 Å². The van der Waals surface area contributed by atoms with Crippen molar-refractivity contribution in [3.63, 3.8) is 0 Å². The van der Waals surface area contributed by atoms with Gasteiger partial charge in [-0.25, -0.2) is 4.39 Å². The number of nitrogens with one attached hydrogen (secondary N) is 2. The lowest BCUT2D eigenvalue weighted by Crippen LogP contribution is -2.45. The maximum Gasteiger partial charge on any atom is 0.254 e. The maximum atomic E-state index is 14.1. The Labute approximate surface area is 185 Å². The van der Waals surface area contributed by atoms with E-state index in [-0.39, 0.29) is 17.7 Å². The fraction of sp³-hybridized carbons (Fsp3) is 0.120. The zero-order valence-corrected chi connectivity index (χ0v) is 17.2. The van der Waals surface area contributed by atoms with Gasteiger partial charge in [-0.05, 0) is 42.0 Å². The Morgan fingerprint density at radius 2 is 1.69 bits per heavy atom. The average molecular weight is 431 g/mol. The number of hydrogen-bond donors (Lipinski definition) is 3. The van der Waals surface area contributed by atoms with Gasteiger partial charge in [0.2, 0.25) is 5.91 Å². The molecule has 0 saturated carbocycles. The third kappa shape index (κ3) is 4.78. The van der Waals surface area contributed by atoms with Gasteiger partial charge in [0.1, 0.15) is 17.6 Å². The van der Waals surface area contributed by atoms with E-state index in [9.17, 15) is 19.1 Å². The zero-order valence-electron chi connectivity index (χ0n) is 17.2. The first-order chi connectivity index (χ1) is 15.4. The average Bonchev–Trinajstić information content (AvgIpc) is 3.51. The smallest absolute Gasteiger partial charge is 0.254 e. The van der Waals surface area contributed by atoms with Crippen LogP contribution in [0.1, 0.15) is 15.9 Å². The molecule has 1 aliphatic rings. The van der Waals surface area contributed by atoms with Gasteiger partial charge < -0.3 is 20.6 Å². The summed E-state index contributed by atoms with van der Waals surface area (Å²) in [6.45, 7) is 4.64. The van der Waals surface area contributed by atoms with E-state index < -0.39 is 23.7 Å². The summed E-state index contributed by atoms with van der Waals surface area (Å²) in [6.07, 6.45) is 0.158. The summed E-state index contributed by atoms with van der Waals surface area (Å²) in [7, 11) is 0. The highest BCUT2D eigenvalue weighted by Gasteiger charge is 2.28. The molecule has 2 amide bonds. The van der Waals surface area contributed by atoms with Crippen LogP contribution < -0.4 is 15.5 Å². The highest BCUT2D eigenvalue weighted by atomic mass is 19.1. The Kier molecular flexibility index (Phi) is 5.89. The van der Waals surface area contributed by atoms with Gasteiger partial charge in [-0.2, -0.15) is 0 Å². The summed E-state index contributed by atoms with van der Waals surface area (Å²) >= 11 is 0. The number of phenols is 1. The van der Waals surface area contributed by atoms with E-state index >= 15 is 0 Å². The third-order valence-corrected chi connectivity index (χ3v) is 5.19. The Morgan fingerprint density at radius 1 is 1.03 bits per heavy atom. The molecule has 32 heavy (non-hydrogen) atoms. The molecule has 162 valence electrons. The molecule has 3 N–H and O–H groups in total.